The van der Waals surface area contributed by atoms with Crippen LogP contribution in [0.15, 0.2) is 36.4 Å². The van der Waals surface area contributed by atoms with Gasteiger partial charge in [-0.2, -0.15) is 0 Å². The van der Waals surface area contributed by atoms with Crippen LogP contribution < -0.4 is 5.32 Å². The second-order valence-corrected chi connectivity index (χ2v) is 3.50. The van der Waals surface area contributed by atoms with E-state index in [-0.39, 0.29) is 17.9 Å². The Hall–Kier alpha value is -2.10. The molecule has 0 saturated carbocycles. The number of rotatable bonds is 4. The van der Waals surface area contributed by atoms with Gasteiger partial charge in [0.25, 0.3) is 0 Å². The molecule has 1 aromatic carbocycles. The zero-order valence-corrected chi connectivity index (χ0v) is 8.99. The van der Waals surface area contributed by atoms with E-state index in [4.69, 9.17) is 5.11 Å². The summed E-state index contributed by atoms with van der Waals surface area (Å²) in [6.45, 7) is 5.23. The predicted octanol–water partition coefficient (Wildman–Crippen LogP) is 1.96. The molecule has 16 heavy (non-hydrogen) atoms. The fraction of sp³-hybridized carbons (Fsp3) is 0.167. The van der Waals surface area contributed by atoms with Crippen molar-refractivity contribution >= 4 is 17.6 Å². The second-order valence-electron chi connectivity index (χ2n) is 3.50. The standard InChI is InChI=1S/C12H13NO3/c1-8-3-5-10(6-4-8)13-11(14)7-9(2)12(15)16/h3-6H,2,7H2,1H3,(H,13,14)(H,15,16). The average Bonchev–Trinajstić information content (AvgIpc) is 2.21. The maximum Gasteiger partial charge on any atom is 0.331 e. The van der Waals surface area contributed by atoms with Crippen molar-refractivity contribution in [3.63, 3.8) is 0 Å². The molecule has 0 saturated heterocycles. The van der Waals surface area contributed by atoms with Gasteiger partial charge in [0.1, 0.15) is 0 Å². The molecule has 0 aliphatic heterocycles. The summed E-state index contributed by atoms with van der Waals surface area (Å²) in [6.07, 6.45) is -0.205. The zero-order chi connectivity index (χ0) is 12.1. The molecule has 0 aliphatic carbocycles. The highest BCUT2D eigenvalue weighted by atomic mass is 16.4. The van der Waals surface area contributed by atoms with E-state index in [2.05, 4.69) is 11.9 Å². The van der Waals surface area contributed by atoms with E-state index < -0.39 is 5.97 Å². The lowest BCUT2D eigenvalue weighted by Crippen LogP contribution is -2.14. The number of carboxylic acid groups (broad SMARTS) is 1. The first-order valence-electron chi connectivity index (χ1n) is 4.76. The molecule has 0 aromatic heterocycles. The molecule has 0 fully saturated rings. The van der Waals surface area contributed by atoms with E-state index >= 15 is 0 Å². The monoisotopic (exact) mass is 219 g/mol. The van der Waals surface area contributed by atoms with Crippen molar-refractivity contribution in [3.8, 4) is 0 Å². The molecule has 0 spiro atoms. The van der Waals surface area contributed by atoms with Gasteiger partial charge < -0.3 is 10.4 Å². The van der Waals surface area contributed by atoms with Crippen LogP contribution in [0.25, 0.3) is 0 Å². The largest absolute Gasteiger partial charge is 0.478 e. The van der Waals surface area contributed by atoms with Crippen molar-refractivity contribution in [1.29, 1.82) is 0 Å². The molecule has 1 aromatic rings. The maximum atomic E-state index is 11.4. The highest BCUT2D eigenvalue weighted by Gasteiger charge is 2.10. The first kappa shape index (κ1) is 12.0. The van der Waals surface area contributed by atoms with E-state index in [0.29, 0.717) is 5.69 Å². The van der Waals surface area contributed by atoms with Gasteiger partial charge in [-0.3, -0.25) is 4.79 Å². The van der Waals surface area contributed by atoms with Crippen LogP contribution in [-0.2, 0) is 9.59 Å². The predicted molar refractivity (Wildman–Crippen MR) is 61.2 cm³/mol. The molecular formula is C12H13NO3. The first-order valence-corrected chi connectivity index (χ1v) is 4.76. The van der Waals surface area contributed by atoms with Crippen LogP contribution in [-0.4, -0.2) is 17.0 Å². The number of hydrogen-bond acceptors (Lipinski definition) is 2. The number of anilines is 1. The summed E-state index contributed by atoms with van der Waals surface area (Å²) in [5.74, 6) is -1.53. The number of benzene rings is 1. The van der Waals surface area contributed by atoms with E-state index in [9.17, 15) is 9.59 Å². The van der Waals surface area contributed by atoms with Crippen LogP contribution in [0.3, 0.4) is 0 Å². The number of nitrogens with one attached hydrogen (secondary N) is 1. The van der Waals surface area contributed by atoms with Crippen molar-refractivity contribution in [2.75, 3.05) is 5.32 Å². The SMILES string of the molecule is C=C(CC(=O)Nc1ccc(C)cc1)C(=O)O. The average molecular weight is 219 g/mol. The van der Waals surface area contributed by atoms with Gasteiger partial charge in [0.05, 0.1) is 6.42 Å². The lowest BCUT2D eigenvalue weighted by atomic mass is 10.2. The zero-order valence-electron chi connectivity index (χ0n) is 8.99. The van der Waals surface area contributed by atoms with Crippen LogP contribution in [0.5, 0.6) is 0 Å². The van der Waals surface area contributed by atoms with E-state index in [1.807, 2.05) is 19.1 Å². The Bertz CT molecular complexity index is 420. The topological polar surface area (TPSA) is 66.4 Å². The highest BCUT2D eigenvalue weighted by Crippen LogP contribution is 2.10. The van der Waals surface area contributed by atoms with Gasteiger partial charge in [-0.1, -0.05) is 24.3 Å². The Labute approximate surface area is 93.6 Å². The van der Waals surface area contributed by atoms with Gasteiger partial charge in [0.2, 0.25) is 5.91 Å². The Morgan fingerprint density at radius 3 is 2.38 bits per heavy atom. The van der Waals surface area contributed by atoms with Crippen molar-refractivity contribution in [1.82, 2.24) is 0 Å². The highest BCUT2D eigenvalue weighted by molar-refractivity contribution is 5.99. The molecule has 84 valence electrons. The molecular weight excluding hydrogens is 206 g/mol. The Kier molecular flexibility index (Phi) is 3.83. The Morgan fingerprint density at radius 2 is 1.88 bits per heavy atom. The summed E-state index contributed by atoms with van der Waals surface area (Å²) < 4.78 is 0. The summed E-state index contributed by atoms with van der Waals surface area (Å²) in [6, 6.07) is 7.25. The number of carboxylic acids is 1. The summed E-state index contributed by atoms with van der Waals surface area (Å²) in [5.41, 5.74) is 1.62. The molecule has 4 nitrogen and oxygen atoms in total. The lowest BCUT2D eigenvalue weighted by molar-refractivity contribution is -0.133. The third-order valence-electron chi connectivity index (χ3n) is 2.01. The number of aliphatic carboxylic acids is 1. The van der Waals surface area contributed by atoms with Crippen molar-refractivity contribution in [2.45, 2.75) is 13.3 Å². The number of amides is 1. The lowest BCUT2D eigenvalue weighted by Gasteiger charge is -2.05. The minimum atomic E-state index is -1.15. The van der Waals surface area contributed by atoms with Gasteiger partial charge in [-0.15, -0.1) is 0 Å². The third-order valence-corrected chi connectivity index (χ3v) is 2.01. The number of carbonyl (C=O) groups is 2. The summed E-state index contributed by atoms with van der Waals surface area (Å²) in [4.78, 5) is 21.8. The number of carbonyl (C=O) groups excluding carboxylic acids is 1. The van der Waals surface area contributed by atoms with Crippen LogP contribution in [0, 0.1) is 6.92 Å². The maximum absolute atomic E-state index is 11.4. The summed E-state index contributed by atoms with van der Waals surface area (Å²) in [5, 5.41) is 11.1. The minimum absolute atomic E-state index is 0.121. The molecule has 1 amide bonds. The molecule has 1 rings (SSSR count). The minimum Gasteiger partial charge on any atom is -0.478 e. The van der Waals surface area contributed by atoms with Crippen molar-refractivity contribution < 1.29 is 14.7 Å². The molecule has 0 aliphatic rings. The molecule has 0 radical (unpaired) electrons. The fourth-order valence-electron chi connectivity index (χ4n) is 1.11. The Balaban J connectivity index is 2.55. The molecule has 0 atom stereocenters. The van der Waals surface area contributed by atoms with Crippen LogP contribution in [0.1, 0.15) is 12.0 Å². The van der Waals surface area contributed by atoms with Gasteiger partial charge >= 0.3 is 5.97 Å². The van der Waals surface area contributed by atoms with Gasteiger partial charge in [0, 0.05) is 11.3 Å². The third kappa shape index (κ3) is 3.57. The molecule has 0 heterocycles. The first-order chi connectivity index (χ1) is 7.49. The smallest absolute Gasteiger partial charge is 0.331 e. The van der Waals surface area contributed by atoms with Gasteiger partial charge in [-0.05, 0) is 19.1 Å². The van der Waals surface area contributed by atoms with Crippen LogP contribution in [0.4, 0.5) is 5.69 Å². The van der Waals surface area contributed by atoms with Crippen LogP contribution in [0.2, 0.25) is 0 Å². The molecule has 0 bridgehead atoms. The second kappa shape index (κ2) is 5.11. The number of aryl methyl sites for hydroxylation is 1. The fourth-order valence-corrected chi connectivity index (χ4v) is 1.11. The molecule has 4 heteroatoms. The molecule has 2 N–H and O–H groups in total. The van der Waals surface area contributed by atoms with E-state index in [1.165, 1.54) is 0 Å². The van der Waals surface area contributed by atoms with E-state index in [1.54, 1.807) is 12.1 Å². The molecule has 0 unspecified atom stereocenters. The Morgan fingerprint density at radius 1 is 1.31 bits per heavy atom. The summed E-state index contributed by atoms with van der Waals surface area (Å²) >= 11 is 0. The number of hydrogen-bond donors (Lipinski definition) is 2. The van der Waals surface area contributed by atoms with Crippen LogP contribution >= 0.6 is 0 Å². The van der Waals surface area contributed by atoms with Gasteiger partial charge in [0.15, 0.2) is 0 Å². The van der Waals surface area contributed by atoms with Crippen molar-refractivity contribution in [2.24, 2.45) is 0 Å². The normalized spacial score (nSPS) is 9.56. The summed E-state index contributed by atoms with van der Waals surface area (Å²) in [7, 11) is 0. The quantitative estimate of drug-likeness (QED) is 0.761. The van der Waals surface area contributed by atoms with E-state index in [0.717, 1.165) is 5.56 Å². The van der Waals surface area contributed by atoms with Gasteiger partial charge in [-0.25, -0.2) is 4.79 Å². The van der Waals surface area contributed by atoms with Crippen molar-refractivity contribution in [3.05, 3.63) is 42.0 Å².